The van der Waals surface area contributed by atoms with Gasteiger partial charge in [0.1, 0.15) is 0 Å². The molecule has 5 nitrogen and oxygen atoms in total. The van der Waals surface area contributed by atoms with Gasteiger partial charge in [-0.15, -0.1) is 6.42 Å². The van der Waals surface area contributed by atoms with Gasteiger partial charge in [-0.05, 0) is 44.4 Å². The molecule has 0 heterocycles. The van der Waals surface area contributed by atoms with Crippen LogP contribution in [0.3, 0.4) is 0 Å². The zero-order valence-corrected chi connectivity index (χ0v) is 16.3. The lowest BCUT2D eigenvalue weighted by Gasteiger charge is -2.24. The first-order valence-electron chi connectivity index (χ1n) is 8.32. The first kappa shape index (κ1) is 21.0. The van der Waals surface area contributed by atoms with Gasteiger partial charge in [0.25, 0.3) is 0 Å². The van der Waals surface area contributed by atoms with Crippen LogP contribution in [-0.4, -0.2) is 32.4 Å². The number of carbonyl (C=O) groups is 1. The second-order valence-electron chi connectivity index (χ2n) is 6.69. The molecule has 138 valence electrons. The van der Waals surface area contributed by atoms with Crippen LogP contribution >= 0.6 is 0 Å². The Morgan fingerprint density at radius 3 is 2.16 bits per heavy atom. The van der Waals surface area contributed by atoms with Crippen molar-refractivity contribution in [3.05, 3.63) is 35.4 Å². The average Bonchev–Trinajstić information content (AvgIpc) is 2.52. The summed E-state index contributed by atoms with van der Waals surface area (Å²) < 4.78 is 30.6. The summed E-state index contributed by atoms with van der Waals surface area (Å²) in [7, 11) is -3.47. The van der Waals surface area contributed by atoms with Crippen molar-refractivity contribution in [2.24, 2.45) is 5.92 Å². The summed E-state index contributed by atoms with van der Waals surface area (Å²) in [5, 5.41) is 1.97. The lowest BCUT2D eigenvalue weighted by molar-refractivity contribution is 0.111. The number of alkyl carbamates (subject to hydrolysis) is 1. The lowest BCUT2D eigenvalue weighted by atomic mass is 10.1. The average molecular weight is 365 g/mol. The van der Waals surface area contributed by atoms with Crippen LogP contribution in [0.5, 0.6) is 0 Å². The van der Waals surface area contributed by atoms with Crippen LogP contribution in [-0.2, 0) is 14.6 Å². The third-order valence-electron chi connectivity index (χ3n) is 3.95. The van der Waals surface area contributed by atoms with Crippen LogP contribution in [0.2, 0.25) is 0 Å². The zero-order chi connectivity index (χ0) is 19.2. The lowest BCUT2D eigenvalue weighted by Crippen LogP contribution is -2.44. The SMILES string of the molecule is C#Cc1ccc(C(C)S(=O)(=O)C[C@@H](NC(=O)OC(C)C)C(C)C)cc1. The van der Waals surface area contributed by atoms with Crippen LogP contribution in [0.25, 0.3) is 0 Å². The Balaban J connectivity index is 2.90. The molecular weight excluding hydrogens is 338 g/mol. The van der Waals surface area contributed by atoms with Crippen molar-refractivity contribution in [3.63, 3.8) is 0 Å². The van der Waals surface area contributed by atoms with Gasteiger partial charge in [-0.25, -0.2) is 13.2 Å². The van der Waals surface area contributed by atoms with Crippen molar-refractivity contribution in [2.45, 2.75) is 52.0 Å². The molecule has 1 aromatic carbocycles. The molecule has 0 saturated carbocycles. The molecule has 2 atom stereocenters. The van der Waals surface area contributed by atoms with Gasteiger partial charge in [-0.3, -0.25) is 0 Å². The molecule has 1 unspecified atom stereocenters. The first-order valence-corrected chi connectivity index (χ1v) is 10.0. The Labute approximate surface area is 151 Å². The largest absolute Gasteiger partial charge is 0.447 e. The Morgan fingerprint density at radius 2 is 1.72 bits per heavy atom. The number of rotatable bonds is 7. The Hall–Kier alpha value is -2.00. The highest BCUT2D eigenvalue weighted by atomic mass is 32.2. The minimum atomic E-state index is -3.47. The predicted molar refractivity (Wildman–Crippen MR) is 100.0 cm³/mol. The number of hydrogen-bond donors (Lipinski definition) is 1. The number of amides is 1. The highest BCUT2D eigenvalue weighted by Crippen LogP contribution is 2.24. The van der Waals surface area contributed by atoms with Crippen LogP contribution in [0.4, 0.5) is 4.79 Å². The minimum Gasteiger partial charge on any atom is -0.447 e. The molecule has 25 heavy (non-hydrogen) atoms. The molecule has 1 N–H and O–H groups in total. The van der Waals surface area contributed by atoms with Gasteiger partial charge >= 0.3 is 6.09 Å². The van der Waals surface area contributed by atoms with E-state index in [2.05, 4.69) is 11.2 Å². The highest BCUT2D eigenvalue weighted by molar-refractivity contribution is 7.91. The maximum absolute atomic E-state index is 12.8. The molecule has 1 aromatic rings. The summed E-state index contributed by atoms with van der Waals surface area (Å²) in [6, 6.07) is 6.37. The number of benzene rings is 1. The summed E-state index contributed by atoms with van der Waals surface area (Å²) in [5.74, 6) is 2.30. The Morgan fingerprint density at radius 1 is 1.16 bits per heavy atom. The highest BCUT2D eigenvalue weighted by Gasteiger charge is 2.29. The summed E-state index contributed by atoms with van der Waals surface area (Å²) in [6.45, 7) is 8.85. The summed E-state index contributed by atoms with van der Waals surface area (Å²) in [4.78, 5) is 11.8. The maximum atomic E-state index is 12.8. The maximum Gasteiger partial charge on any atom is 0.407 e. The number of sulfone groups is 1. The van der Waals surface area contributed by atoms with Crippen molar-refractivity contribution < 1.29 is 17.9 Å². The van der Waals surface area contributed by atoms with E-state index >= 15 is 0 Å². The van der Waals surface area contributed by atoms with Crippen LogP contribution in [0.15, 0.2) is 24.3 Å². The van der Waals surface area contributed by atoms with E-state index in [1.165, 1.54) is 0 Å². The van der Waals surface area contributed by atoms with Crippen LogP contribution in [0.1, 0.15) is 51.0 Å². The smallest absolute Gasteiger partial charge is 0.407 e. The molecule has 1 amide bonds. The predicted octanol–water partition coefficient (Wildman–Crippen LogP) is 3.30. The van der Waals surface area contributed by atoms with Crippen molar-refractivity contribution in [2.75, 3.05) is 5.75 Å². The van der Waals surface area contributed by atoms with E-state index in [0.717, 1.165) is 0 Å². The fraction of sp³-hybridized carbons (Fsp3) is 0.526. The molecule has 0 fully saturated rings. The van der Waals surface area contributed by atoms with Crippen LogP contribution < -0.4 is 5.32 Å². The standard InChI is InChI=1S/C19H27NO4S/c1-7-16-8-10-17(11-9-16)15(6)25(22,23)12-18(13(2)3)20-19(21)24-14(4)5/h1,8-11,13-15,18H,12H2,2-6H3,(H,20,21)/t15?,18-/m1/s1. The number of hydrogen-bond acceptors (Lipinski definition) is 4. The van der Waals surface area contributed by atoms with Gasteiger partial charge in [0, 0.05) is 11.6 Å². The molecular formula is C19H27NO4S. The van der Waals surface area contributed by atoms with Gasteiger partial charge in [0.05, 0.1) is 17.1 Å². The van der Waals surface area contributed by atoms with Gasteiger partial charge in [0.2, 0.25) is 0 Å². The van der Waals surface area contributed by atoms with E-state index in [9.17, 15) is 13.2 Å². The first-order chi connectivity index (χ1) is 11.6. The van der Waals surface area contributed by atoms with E-state index in [0.29, 0.717) is 11.1 Å². The Bertz CT molecular complexity index is 715. The second kappa shape index (κ2) is 8.91. The summed E-state index contributed by atoms with van der Waals surface area (Å²) >= 11 is 0. The quantitative estimate of drug-likeness (QED) is 0.753. The third kappa shape index (κ3) is 6.43. The minimum absolute atomic E-state index is 0.0505. The fourth-order valence-electron chi connectivity index (χ4n) is 2.25. The third-order valence-corrected chi connectivity index (χ3v) is 6.12. The number of ether oxygens (including phenoxy) is 1. The van der Waals surface area contributed by atoms with Gasteiger partial charge in [-0.1, -0.05) is 31.9 Å². The van der Waals surface area contributed by atoms with Crippen LogP contribution in [0, 0.1) is 18.3 Å². The molecule has 0 saturated heterocycles. The van der Waals surface area contributed by atoms with E-state index in [1.807, 2.05) is 13.8 Å². The van der Waals surface area contributed by atoms with E-state index in [4.69, 9.17) is 11.2 Å². The van der Waals surface area contributed by atoms with Gasteiger partial charge in [0.15, 0.2) is 9.84 Å². The number of nitrogens with one attached hydrogen (secondary N) is 1. The van der Waals surface area contributed by atoms with E-state index in [1.54, 1.807) is 45.0 Å². The molecule has 0 aromatic heterocycles. The summed E-state index contributed by atoms with van der Waals surface area (Å²) in [6.07, 6.45) is 4.45. The number of terminal acetylenes is 1. The molecule has 0 spiro atoms. The molecule has 0 aliphatic rings. The van der Waals surface area contributed by atoms with Crippen molar-refractivity contribution in [1.29, 1.82) is 0 Å². The topological polar surface area (TPSA) is 72.5 Å². The van der Waals surface area contributed by atoms with Crippen molar-refractivity contribution in [3.8, 4) is 12.3 Å². The number of carbonyl (C=O) groups excluding carboxylic acids is 1. The normalized spacial score (nSPS) is 14.0. The fourth-order valence-corrected chi connectivity index (χ4v) is 4.08. The van der Waals surface area contributed by atoms with Crippen molar-refractivity contribution in [1.82, 2.24) is 5.32 Å². The Kier molecular flexibility index (Phi) is 7.50. The zero-order valence-electron chi connectivity index (χ0n) is 15.4. The second-order valence-corrected chi connectivity index (χ2v) is 9.05. The van der Waals surface area contributed by atoms with Crippen molar-refractivity contribution >= 4 is 15.9 Å². The van der Waals surface area contributed by atoms with E-state index in [-0.39, 0.29) is 17.8 Å². The molecule has 1 rings (SSSR count). The van der Waals surface area contributed by atoms with Gasteiger partial charge in [-0.2, -0.15) is 0 Å². The van der Waals surface area contributed by atoms with E-state index < -0.39 is 27.2 Å². The monoisotopic (exact) mass is 365 g/mol. The molecule has 0 aliphatic carbocycles. The molecule has 0 bridgehead atoms. The molecule has 0 radical (unpaired) electrons. The molecule has 0 aliphatic heterocycles. The molecule has 6 heteroatoms. The van der Waals surface area contributed by atoms with Gasteiger partial charge < -0.3 is 10.1 Å². The summed E-state index contributed by atoms with van der Waals surface area (Å²) in [5.41, 5.74) is 1.37.